The third kappa shape index (κ3) is 3.80. The van der Waals surface area contributed by atoms with Crippen molar-refractivity contribution in [2.24, 2.45) is 0 Å². The Balaban J connectivity index is 1.40. The van der Waals surface area contributed by atoms with E-state index in [1.807, 2.05) is 51.1 Å². The van der Waals surface area contributed by atoms with Gasteiger partial charge in [0.25, 0.3) is 0 Å². The van der Waals surface area contributed by atoms with Crippen LogP contribution in [-0.2, 0) is 17.8 Å². The molecule has 166 valence electrons. The molecule has 0 atom stereocenters. The average molecular weight is 442 g/mol. The molecule has 0 fully saturated rings. The molecule has 5 rings (SSSR count). The molecular formula is C25H22N4O4. The first-order chi connectivity index (χ1) is 15.9. The lowest BCUT2D eigenvalue weighted by Crippen LogP contribution is -2.20. The lowest BCUT2D eigenvalue weighted by atomic mass is 9.98. The number of hydrogen-bond acceptors (Lipinski definition) is 6. The fourth-order valence-corrected chi connectivity index (χ4v) is 4.24. The van der Waals surface area contributed by atoms with E-state index in [1.165, 1.54) is 6.33 Å². The van der Waals surface area contributed by atoms with E-state index in [9.17, 15) is 9.59 Å². The minimum absolute atomic E-state index is 0.0973. The number of hydrogen-bond donors (Lipinski definition) is 1. The first kappa shape index (κ1) is 20.7. The van der Waals surface area contributed by atoms with Gasteiger partial charge in [-0.1, -0.05) is 12.1 Å². The third-order valence-corrected chi connectivity index (χ3v) is 5.85. The van der Waals surface area contributed by atoms with Crippen molar-refractivity contribution in [1.29, 1.82) is 0 Å². The van der Waals surface area contributed by atoms with E-state index in [1.54, 1.807) is 17.3 Å². The van der Waals surface area contributed by atoms with E-state index < -0.39 is 5.63 Å². The Morgan fingerprint density at radius 2 is 1.88 bits per heavy atom. The van der Waals surface area contributed by atoms with Gasteiger partial charge in [0.1, 0.15) is 23.8 Å². The monoisotopic (exact) mass is 442 g/mol. The van der Waals surface area contributed by atoms with Crippen LogP contribution in [0.25, 0.3) is 21.9 Å². The van der Waals surface area contributed by atoms with Gasteiger partial charge >= 0.3 is 5.63 Å². The molecule has 0 saturated heterocycles. The normalized spacial score (nSPS) is 11.4. The van der Waals surface area contributed by atoms with Crippen LogP contribution in [0.15, 0.2) is 62.9 Å². The second kappa shape index (κ2) is 8.05. The molecule has 1 amide bonds. The maximum absolute atomic E-state index is 12.7. The first-order valence-electron chi connectivity index (χ1n) is 10.6. The van der Waals surface area contributed by atoms with Gasteiger partial charge in [0, 0.05) is 11.1 Å². The maximum Gasteiger partial charge on any atom is 0.340 e. The molecule has 3 aromatic heterocycles. The van der Waals surface area contributed by atoms with Crippen LogP contribution in [0.2, 0.25) is 0 Å². The summed E-state index contributed by atoms with van der Waals surface area (Å²) in [5.74, 6) is -0.298. The molecule has 5 aromatic rings. The zero-order valence-electron chi connectivity index (χ0n) is 18.5. The van der Waals surface area contributed by atoms with E-state index in [2.05, 4.69) is 15.4 Å². The number of amides is 1. The van der Waals surface area contributed by atoms with Crippen LogP contribution in [0.1, 0.15) is 27.8 Å². The van der Waals surface area contributed by atoms with Crippen molar-refractivity contribution in [3.05, 3.63) is 87.5 Å². The molecule has 1 N–H and O–H groups in total. The highest BCUT2D eigenvalue weighted by atomic mass is 16.4. The Kier molecular flexibility index (Phi) is 5.05. The SMILES string of the molecule is Cc1coc2c1c(C)cc1oc(=O)c(CC(=O)Nc3ccc(Cn4cncn4)cc3)c(C)c12. The lowest BCUT2D eigenvalue weighted by Gasteiger charge is -2.10. The van der Waals surface area contributed by atoms with Crippen LogP contribution in [0.3, 0.4) is 0 Å². The highest BCUT2D eigenvalue weighted by Gasteiger charge is 2.20. The van der Waals surface area contributed by atoms with Crippen molar-refractivity contribution in [2.75, 3.05) is 5.32 Å². The van der Waals surface area contributed by atoms with Crippen LogP contribution in [0.5, 0.6) is 0 Å². The van der Waals surface area contributed by atoms with Gasteiger partial charge in [0.2, 0.25) is 5.91 Å². The number of nitrogens with zero attached hydrogens (tertiary/aromatic N) is 3. The van der Waals surface area contributed by atoms with Gasteiger partial charge < -0.3 is 14.2 Å². The van der Waals surface area contributed by atoms with Crippen molar-refractivity contribution < 1.29 is 13.6 Å². The molecule has 8 nitrogen and oxygen atoms in total. The number of aryl methyl sites for hydroxylation is 3. The Morgan fingerprint density at radius 3 is 2.61 bits per heavy atom. The summed E-state index contributed by atoms with van der Waals surface area (Å²) in [6, 6.07) is 9.30. The molecule has 0 aliphatic rings. The van der Waals surface area contributed by atoms with Gasteiger partial charge in [-0.25, -0.2) is 14.5 Å². The Labute approximate surface area is 188 Å². The summed E-state index contributed by atoms with van der Waals surface area (Å²) in [4.78, 5) is 29.4. The molecule has 0 spiro atoms. The molecule has 0 aliphatic carbocycles. The highest BCUT2D eigenvalue weighted by Crippen LogP contribution is 2.34. The predicted octanol–water partition coefficient (Wildman–Crippen LogP) is 4.29. The molecular weight excluding hydrogens is 420 g/mol. The minimum Gasteiger partial charge on any atom is -0.463 e. The molecule has 0 aliphatic heterocycles. The van der Waals surface area contributed by atoms with Gasteiger partial charge in [-0.15, -0.1) is 0 Å². The van der Waals surface area contributed by atoms with E-state index in [0.717, 1.165) is 27.5 Å². The summed E-state index contributed by atoms with van der Waals surface area (Å²) >= 11 is 0. The van der Waals surface area contributed by atoms with E-state index in [0.29, 0.717) is 34.5 Å². The van der Waals surface area contributed by atoms with Crippen LogP contribution in [-0.4, -0.2) is 20.7 Å². The van der Waals surface area contributed by atoms with E-state index in [4.69, 9.17) is 8.83 Å². The van der Waals surface area contributed by atoms with Crippen molar-refractivity contribution in [3.8, 4) is 0 Å². The maximum atomic E-state index is 12.7. The zero-order chi connectivity index (χ0) is 23.1. The number of anilines is 1. The number of carbonyl (C=O) groups is 1. The fourth-order valence-electron chi connectivity index (χ4n) is 4.24. The molecule has 0 unspecified atom stereocenters. The molecule has 33 heavy (non-hydrogen) atoms. The Bertz CT molecular complexity index is 1540. The zero-order valence-corrected chi connectivity index (χ0v) is 18.5. The number of fused-ring (bicyclic) bond motifs is 3. The number of nitrogens with one attached hydrogen (secondary N) is 1. The second-order valence-corrected chi connectivity index (χ2v) is 8.20. The van der Waals surface area contributed by atoms with E-state index in [-0.39, 0.29) is 12.3 Å². The van der Waals surface area contributed by atoms with Crippen LogP contribution < -0.4 is 10.9 Å². The van der Waals surface area contributed by atoms with Crippen LogP contribution >= 0.6 is 0 Å². The number of rotatable bonds is 5. The molecule has 0 radical (unpaired) electrons. The van der Waals surface area contributed by atoms with Gasteiger partial charge in [-0.2, -0.15) is 5.10 Å². The Hall–Kier alpha value is -4.20. The third-order valence-electron chi connectivity index (χ3n) is 5.85. The van der Waals surface area contributed by atoms with Crippen LogP contribution in [0, 0.1) is 20.8 Å². The van der Waals surface area contributed by atoms with Crippen molar-refractivity contribution in [3.63, 3.8) is 0 Å². The second-order valence-electron chi connectivity index (χ2n) is 8.20. The first-order valence-corrected chi connectivity index (χ1v) is 10.6. The van der Waals surface area contributed by atoms with Gasteiger partial charge in [-0.3, -0.25) is 4.79 Å². The summed E-state index contributed by atoms with van der Waals surface area (Å²) < 4.78 is 13.1. The number of carbonyl (C=O) groups excluding carboxylic acids is 1. The molecule has 8 heteroatoms. The smallest absolute Gasteiger partial charge is 0.340 e. The van der Waals surface area contributed by atoms with Crippen molar-refractivity contribution in [1.82, 2.24) is 14.8 Å². The van der Waals surface area contributed by atoms with Crippen molar-refractivity contribution >= 4 is 33.5 Å². The van der Waals surface area contributed by atoms with Gasteiger partial charge in [0.05, 0.1) is 30.2 Å². The standard InChI is InChI=1S/C25H22N4O4/c1-14-8-20-23(24-22(14)15(2)11-32-24)16(3)19(25(31)33-20)9-21(30)28-18-6-4-17(5-7-18)10-29-13-26-12-27-29/h4-8,11-13H,9-10H2,1-3H3,(H,28,30). The van der Waals surface area contributed by atoms with Crippen molar-refractivity contribution in [2.45, 2.75) is 33.7 Å². The predicted molar refractivity (Wildman–Crippen MR) is 124 cm³/mol. The van der Waals surface area contributed by atoms with Gasteiger partial charge in [0.15, 0.2) is 0 Å². The number of aromatic nitrogens is 3. The molecule has 0 saturated carbocycles. The summed E-state index contributed by atoms with van der Waals surface area (Å²) in [6.07, 6.45) is 4.73. The lowest BCUT2D eigenvalue weighted by molar-refractivity contribution is -0.115. The summed E-state index contributed by atoms with van der Waals surface area (Å²) in [7, 11) is 0. The minimum atomic E-state index is -0.514. The fraction of sp³-hybridized carbons (Fsp3) is 0.200. The number of benzene rings is 2. The quantitative estimate of drug-likeness (QED) is 0.408. The average Bonchev–Trinajstić information content (AvgIpc) is 3.42. The Morgan fingerprint density at radius 1 is 1.09 bits per heavy atom. The van der Waals surface area contributed by atoms with E-state index >= 15 is 0 Å². The van der Waals surface area contributed by atoms with Crippen LogP contribution in [0.4, 0.5) is 5.69 Å². The largest absolute Gasteiger partial charge is 0.463 e. The topological polar surface area (TPSA) is 103 Å². The molecule has 3 heterocycles. The summed E-state index contributed by atoms with van der Waals surface area (Å²) in [6.45, 7) is 6.35. The molecule has 2 aromatic carbocycles. The molecule has 0 bridgehead atoms. The summed E-state index contributed by atoms with van der Waals surface area (Å²) in [5, 5.41) is 8.66. The summed E-state index contributed by atoms with van der Waals surface area (Å²) in [5.41, 5.74) is 5.30. The number of furan rings is 1. The highest BCUT2D eigenvalue weighted by molar-refractivity contribution is 6.07. The van der Waals surface area contributed by atoms with Gasteiger partial charge in [-0.05, 0) is 61.2 Å².